The number of nitrogens with zero attached hydrogens (tertiary/aromatic N) is 2. The van der Waals surface area contributed by atoms with Gasteiger partial charge in [0.2, 0.25) is 0 Å². The van der Waals surface area contributed by atoms with Gasteiger partial charge in [-0.1, -0.05) is 60.7 Å². The Kier molecular flexibility index (Phi) is 6.64. The Morgan fingerprint density at radius 3 is 2.30 bits per heavy atom. The number of hydrogen-bond donors (Lipinski definition) is 3. The molecule has 2 unspecified atom stereocenters. The predicted octanol–water partition coefficient (Wildman–Crippen LogP) is 4.78. The number of phenolic OH excluding ortho intramolecular Hbond substituents is 3. The van der Waals surface area contributed by atoms with E-state index in [9.17, 15) is 24.9 Å². The maximum absolute atomic E-state index is 13.3. The number of esters is 1. The maximum Gasteiger partial charge on any atom is 0.338 e. The number of hydrazone groups is 1. The third kappa shape index (κ3) is 4.91. The molecule has 188 valence electrons. The lowest BCUT2D eigenvalue weighted by atomic mass is 9.77. The molecule has 3 aromatic rings. The van der Waals surface area contributed by atoms with E-state index in [1.165, 1.54) is 5.01 Å². The van der Waals surface area contributed by atoms with Crippen molar-refractivity contribution in [2.45, 2.75) is 25.3 Å². The molecule has 1 amide bonds. The Morgan fingerprint density at radius 2 is 1.62 bits per heavy atom. The number of benzene rings is 3. The van der Waals surface area contributed by atoms with Crippen molar-refractivity contribution in [1.82, 2.24) is 5.01 Å². The monoisotopic (exact) mass is 498 g/mol. The van der Waals surface area contributed by atoms with Gasteiger partial charge in [0.15, 0.2) is 23.9 Å². The van der Waals surface area contributed by atoms with Crippen LogP contribution in [0.2, 0.25) is 0 Å². The second kappa shape index (κ2) is 10.2. The Morgan fingerprint density at radius 1 is 0.973 bits per heavy atom. The van der Waals surface area contributed by atoms with Crippen molar-refractivity contribution < 1.29 is 29.6 Å². The molecule has 0 saturated heterocycles. The van der Waals surface area contributed by atoms with E-state index < -0.39 is 35.7 Å². The van der Waals surface area contributed by atoms with Crippen LogP contribution in [0.25, 0.3) is 6.08 Å². The summed E-state index contributed by atoms with van der Waals surface area (Å²) in [4.78, 5) is 25.8. The standard InChI is InChI=1S/C29H26N2O6/c32-23-15-21(16-24(33)28(23)35)29(36)37-17-25(34)31-27(19-10-5-2-6-11-19)22-13-7-12-20(26(22)30-31)14-18-8-3-1-4-9-18/h1-6,8-11,14-16,22,27,32-33,35H,7,12-13,17H2. The number of ether oxygens (including phenoxy) is 1. The fraction of sp³-hybridized carbons (Fsp3) is 0.207. The van der Waals surface area contributed by atoms with Crippen LogP contribution in [0, 0.1) is 5.92 Å². The molecular formula is C29H26N2O6. The highest BCUT2D eigenvalue weighted by Crippen LogP contribution is 2.44. The lowest BCUT2D eigenvalue weighted by Gasteiger charge is -2.29. The van der Waals surface area contributed by atoms with Crippen LogP contribution in [0.4, 0.5) is 0 Å². The first-order valence-corrected chi connectivity index (χ1v) is 12.1. The number of hydrogen-bond acceptors (Lipinski definition) is 7. The first-order valence-electron chi connectivity index (χ1n) is 12.1. The van der Waals surface area contributed by atoms with Gasteiger partial charge in [-0.2, -0.15) is 5.10 Å². The summed E-state index contributed by atoms with van der Waals surface area (Å²) in [6.45, 7) is -0.578. The van der Waals surface area contributed by atoms with Gasteiger partial charge in [0.25, 0.3) is 5.91 Å². The average molecular weight is 499 g/mol. The Labute approximate surface area is 213 Å². The van der Waals surface area contributed by atoms with Crippen molar-refractivity contribution in [1.29, 1.82) is 0 Å². The normalized spacial score (nSPS) is 19.8. The topological polar surface area (TPSA) is 120 Å². The summed E-state index contributed by atoms with van der Waals surface area (Å²) in [6, 6.07) is 21.3. The first kappa shape index (κ1) is 24.1. The Bertz CT molecular complexity index is 1360. The van der Waals surface area contributed by atoms with E-state index in [1.54, 1.807) is 0 Å². The summed E-state index contributed by atoms with van der Waals surface area (Å²) in [5.74, 6) is -3.49. The molecule has 3 N–H and O–H groups in total. The van der Waals surface area contributed by atoms with Crippen molar-refractivity contribution in [2.24, 2.45) is 11.0 Å². The molecule has 0 spiro atoms. The van der Waals surface area contributed by atoms with Crippen LogP contribution >= 0.6 is 0 Å². The second-order valence-corrected chi connectivity index (χ2v) is 9.10. The van der Waals surface area contributed by atoms with Gasteiger partial charge in [-0.05, 0) is 54.2 Å². The van der Waals surface area contributed by atoms with Gasteiger partial charge in [0.1, 0.15) is 0 Å². The molecule has 0 aromatic heterocycles. The molecule has 1 heterocycles. The summed E-state index contributed by atoms with van der Waals surface area (Å²) in [5.41, 5.74) is 3.77. The SMILES string of the molecule is O=C(OCC(=O)N1N=C2C(=Cc3ccccc3)CCCC2C1c1ccccc1)c1cc(O)c(O)c(O)c1. The molecule has 2 aliphatic rings. The number of allylic oxidation sites excluding steroid dienone is 1. The zero-order valence-electron chi connectivity index (χ0n) is 19.9. The van der Waals surface area contributed by atoms with Crippen LogP contribution in [0.1, 0.15) is 46.8 Å². The summed E-state index contributed by atoms with van der Waals surface area (Å²) in [5, 5.41) is 35.0. The van der Waals surface area contributed by atoms with Gasteiger partial charge in [0, 0.05) is 5.92 Å². The molecule has 1 saturated carbocycles. The van der Waals surface area contributed by atoms with Gasteiger partial charge in [-0.3, -0.25) is 4.79 Å². The van der Waals surface area contributed by atoms with Gasteiger partial charge in [-0.15, -0.1) is 0 Å². The first-order chi connectivity index (χ1) is 17.9. The number of aromatic hydroxyl groups is 3. The lowest BCUT2D eigenvalue weighted by molar-refractivity contribution is -0.137. The Balaban J connectivity index is 1.41. The van der Waals surface area contributed by atoms with E-state index >= 15 is 0 Å². The van der Waals surface area contributed by atoms with Crippen LogP contribution in [0.5, 0.6) is 17.2 Å². The van der Waals surface area contributed by atoms with E-state index in [0.29, 0.717) is 0 Å². The number of phenols is 3. The van der Waals surface area contributed by atoms with Crippen molar-refractivity contribution in [3.05, 3.63) is 95.1 Å². The van der Waals surface area contributed by atoms with Gasteiger partial charge >= 0.3 is 5.97 Å². The molecule has 3 aromatic carbocycles. The summed E-state index contributed by atoms with van der Waals surface area (Å²) in [7, 11) is 0. The number of carbonyl (C=O) groups excluding carboxylic acids is 2. The van der Waals surface area contributed by atoms with Gasteiger partial charge in [0.05, 0.1) is 17.3 Å². The molecule has 2 atom stereocenters. The van der Waals surface area contributed by atoms with Crippen molar-refractivity contribution >= 4 is 23.7 Å². The van der Waals surface area contributed by atoms with Crippen LogP contribution in [0.3, 0.4) is 0 Å². The highest BCUT2D eigenvalue weighted by Gasteiger charge is 2.43. The van der Waals surface area contributed by atoms with E-state index in [4.69, 9.17) is 9.84 Å². The highest BCUT2D eigenvalue weighted by atomic mass is 16.5. The molecule has 5 rings (SSSR count). The number of rotatable bonds is 5. The largest absolute Gasteiger partial charge is 0.504 e. The minimum Gasteiger partial charge on any atom is -0.504 e. The minimum atomic E-state index is -0.927. The quantitative estimate of drug-likeness (QED) is 0.344. The van der Waals surface area contributed by atoms with Crippen molar-refractivity contribution in [2.75, 3.05) is 6.61 Å². The van der Waals surface area contributed by atoms with E-state index in [2.05, 4.69) is 6.08 Å². The lowest BCUT2D eigenvalue weighted by Crippen LogP contribution is -2.34. The molecule has 1 aliphatic heterocycles. The summed E-state index contributed by atoms with van der Waals surface area (Å²) < 4.78 is 5.19. The predicted molar refractivity (Wildman–Crippen MR) is 137 cm³/mol. The number of fused-ring (bicyclic) bond motifs is 1. The van der Waals surface area contributed by atoms with E-state index in [0.717, 1.165) is 53.8 Å². The molecule has 0 radical (unpaired) electrons. The maximum atomic E-state index is 13.3. The number of carbonyl (C=O) groups is 2. The second-order valence-electron chi connectivity index (χ2n) is 9.10. The fourth-order valence-corrected chi connectivity index (χ4v) is 4.94. The molecular weight excluding hydrogens is 472 g/mol. The third-order valence-electron chi connectivity index (χ3n) is 6.67. The molecule has 37 heavy (non-hydrogen) atoms. The molecule has 1 fully saturated rings. The average Bonchev–Trinajstić information content (AvgIpc) is 3.32. The van der Waals surface area contributed by atoms with Crippen LogP contribution in [-0.4, -0.2) is 44.5 Å². The zero-order chi connectivity index (χ0) is 25.9. The molecule has 0 bridgehead atoms. The van der Waals surface area contributed by atoms with Gasteiger partial charge in [-0.25, -0.2) is 9.80 Å². The smallest absolute Gasteiger partial charge is 0.338 e. The van der Waals surface area contributed by atoms with Crippen molar-refractivity contribution in [3.63, 3.8) is 0 Å². The zero-order valence-corrected chi connectivity index (χ0v) is 19.9. The summed E-state index contributed by atoms with van der Waals surface area (Å²) >= 11 is 0. The van der Waals surface area contributed by atoms with E-state index in [1.807, 2.05) is 60.7 Å². The van der Waals surface area contributed by atoms with Crippen LogP contribution in [-0.2, 0) is 9.53 Å². The summed E-state index contributed by atoms with van der Waals surface area (Å²) in [6.07, 6.45) is 4.82. The molecule has 8 heteroatoms. The fourth-order valence-electron chi connectivity index (χ4n) is 4.94. The van der Waals surface area contributed by atoms with Crippen molar-refractivity contribution in [3.8, 4) is 17.2 Å². The molecule has 1 aliphatic carbocycles. The van der Waals surface area contributed by atoms with Crippen LogP contribution < -0.4 is 0 Å². The third-order valence-corrected chi connectivity index (χ3v) is 6.67. The minimum absolute atomic E-state index is 0.0109. The van der Waals surface area contributed by atoms with E-state index in [-0.39, 0.29) is 17.5 Å². The number of amides is 1. The Hall–Kier alpha value is -4.59. The van der Waals surface area contributed by atoms with Gasteiger partial charge < -0.3 is 20.1 Å². The van der Waals surface area contributed by atoms with Crippen LogP contribution in [0.15, 0.2) is 83.5 Å². The highest BCUT2D eigenvalue weighted by molar-refractivity contribution is 6.08. The molecule has 8 nitrogen and oxygen atoms in total.